The molecule has 0 aliphatic carbocycles. The first-order valence-electron chi connectivity index (χ1n) is 8.25. The van der Waals surface area contributed by atoms with Gasteiger partial charge in [0.2, 0.25) is 0 Å². The summed E-state index contributed by atoms with van der Waals surface area (Å²) in [6, 6.07) is 0. The van der Waals surface area contributed by atoms with Gasteiger partial charge in [-0.05, 0) is 51.9 Å². The van der Waals surface area contributed by atoms with E-state index in [1.165, 1.54) is 51.4 Å². The van der Waals surface area contributed by atoms with Crippen molar-refractivity contribution < 1.29 is 5.11 Å². The number of rotatable bonds is 13. The van der Waals surface area contributed by atoms with Crippen LogP contribution in [-0.2, 0) is 0 Å². The van der Waals surface area contributed by atoms with Gasteiger partial charge in [0.1, 0.15) is 0 Å². The molecule has 0 bridgehead atoms. The van der Waals surface area contributed by atoms with Gasteiger partial charge in [0.15, 0.2) is 0 Å². The molecule has 1 heteroatoms. The van der Waals surface area contributed by atoms with Gasteiger partial charge in [-0.25, -0.2) is 0 Å². The summed E-state index contributed by atoms with van der Waals surface area (Å²) in [5.41, 5.74) is 0. The monoisotopic (exact) mass is 266 g/mol. The highest BCUT2D eigenvalue weighted by Crippen LogP contribution is 2.11. The lowest BCUT2D eigenvalue weighted by Crippen LogP contribution is -2.05. The molecule has 1 N–H and O–H groups in total. The van der Waals surface area contributed by atoms with Crippen molar-refractivity contribution in [2.75, 3.05) is 0 Å². The number of allylic oxidation sites excluding steroid dienone is 4. The minimum Gasteiger partial charge on any atom is -0.393 e. The van der Waals surface area contributed by atoms with E-state index in [0.29, 0.717) is 0 Å². The van der Waals surface area contributed by atoms with Crippen LogP contribution in [0.25, 0.3) is 0 Å². The van der Waals surface area contributed by atoms with Crippen LogP contribution >= 0.6 is 0 Å². The maximum Gasteiger partial charge on any atom is 0.0540 e. The van der Waals surface area contributed by atoms with Crippen LogP contribution in [0, 0.1) is 0 Å². The summed E-state index contributed by atoms with van der Waals surface area (Å²) >= 11 is 0. The molecule has 1 unspecified atom stereocenters. The van der Waals surface area contributed by atoms with Crippen LogP contribution in [0.4, 0.5) is 0 Å². The van der Waals surface area contributed by atoms with Crippen LogP contribution in [0.3, 0.4) is 0 Å². The lowest BCUT2D eigenvalue weighted by Gasteiger charge is -2.09. The Hall–Kier alpha value is -0.560. The molecule has 0 radical (unpaired) electrons. The zero-order chi connectivity index (χ0) is 14.2. The fourth-order valence-corrected chi connectivity index (χ4v) is 2.17. The standard InChI is InChI=1S/C18H34O/c1-3-5-7-8-9-10-11-12-13-15-17-18(19)16-14-6-4-2/h3,5,10-11,18-19H,4,6-9,12-17H2,1-2H3. The van der Waals surface area contributed by atoms with E-state index in [0.717, 1.165) is 19.3 Å². The average molecular weight is 266 g/mol. The molecule has 1 atom stereocenters. The molecule has 0 aromatic heterocycles. The second kappa shape index (κ2) is 15.5. The van der Waals surface area contributed by atoms with Gasteiger partial charge < -0.3 is 5.11 Å². The Labute approximate surface area is 120 Å². The van der Waals surface area contributed by atoms with Gasteiger partial charge in [0.25, 0.3) is 0 Å². The molecule has 0 saturated carbocycles. The molecule has 0 fully saturated rings. The Morgan fingerprint density at radius 3 is 2.00 bits per heavy atom. The predicted octanol–water partition coefficient (Wildman–Crippen LogP) is 5.79. The largest absolute Gasteiger partial charge is 0.393 e. The van der Waals surface area contributed by atoms with Gasteiger partial charge in [0, 0.05) is 0 Å². The Morgan fingerprint density at radius 2 is 1.37 bits per heavy atom. The first-order valence-corrected chi connectivity index (χ1v) is 8.25. The van der Waals surface area contributed by atoms with Crippen LogP contribution in [-0.4, -0.2) is 11.2 Å². The molecule has 0 saturated heterocycles. The number of unbranched alkanes of at least 4 members (excludes halogenated alkanes) is 6. The lowest BCUT2D eigenvalue weighted by molar-refractivity contribution is 0.148. The minimum atomic E-state index is -0.0589. The van der Waals surface area contributed by atoms with E-state index in [4.69, 9.17) is 0 Å². The summed E-state index contributed by atoms with van der Waals surface area (Å²) in [7, 11) is 0. The maximum absolute atomic E-state index is 9.77. The molecule has 19 heavy (non-hydrogen) atoms. The minimum absolute atomic E-state index is 0.0589. The molecule has 0 aliphatic rings. The SMILES string of the molecule is CC=CCCCC=CCCCCC(O)CCCCC. The quantitative estimate of drug-likeness (QED) is 0.330. The summed E-state index contributed by atoms with van der Waals surface area (Å²) in [5.74, 6) is 0. The van der Waals surface area contributed by atoms with Crippen molar-refractivity contribution in [1.82, 2.24) is 0 Å². The van der Waals surface area contributed by atoms with Gasteiger partial charge in [-0.15, -0.1) is 0 Å². The molecule has 0 heterocycles. The first-order chi connectivity index (χ1) is 9.31. The molecule has 0 amide bonds. The maximum atomic E-state index is 9.77. The zero-order valence-electron chi connectivity index (χ0n) is 13.1. The Morgan fingerprint density at radius 1 is 0.789 bits per heavy atom. The van der Waals surface area contributed by atoms with Crippen LogP contribution in [0.5, 0.6) is 0 Å². The molecular weight excluding hydrogens is 232 g/mol. The van der Waals surface area contributed by atoms with Crippen molar-refractivity contribution in [2.45, 2.75) is 90.6 Å². The Bertz CT molecular complexity index is 218. The highest BCUT2D eigenvalue weighted by atomic mass is 16.3. The van der Waals surface area contributed by atoms with E-state index < -0.39 is 0 Å². The normalized spacial score (nSPS) is 13.6. The lowest BCUT2D eigenvalue weighted by atomic mass is 10.0. The van der Waals surface area contributed by atoms with E-state index in [1.54, 1.807) is 0 Å². The molecular formula is C18H34O. The molecule has 0 aromatic carbocycles. The van der Waals surface area contributed by atoms with Crippen LogP contribution < -0.4 is 0 Å². The van der Waals surface area contributed by atoms with E-state index in [9.17, 15) is 5.11 Å². The number of aliphatic hydroxyl groups excluding tert-OH is 1. The summed E-state index contributed by atoms with van der Waals surface area (Å²) in [6.45, 7) is 4.28. The van der Waals surface area contributed by atoms with Crippen molar-refractivity contribution in [3.63, 3.8) is 0 Å². The number of hydrogen-bond acceptors (Lipinski definition) is 1. The highest BCUT2D eigenvalue weighted by molar-refractivity contribution is 4.83. The topological polar surface area (TPSA) is 20.2 Å². The fourth-order valence-electron chi connectivity index (χ4n) is 2.17. The van der Waals surface area contributed by atoms with Gasteiger partial charge in [-0.3, -0.25) is 0 Å². The van der Waals surface area contributed by atoms with Crippen molar-refractivity contribution in [3.8, 4) is 0 Å². The number of aliphatic hydroxyl groups is 1. The second-order valence-electron chi connectivity index (χ2n) is 5.41. The summed E-state index contributed by atoms with van der Waals surface area (Å²) in [6.07, 6.45) is 21.8. The van der Waals surface area contributed by atoms with Crippen LogP contribution in [0.1, 0.15) is 84.5 Å². The molecule has 1 nitrogen and oxygen atoms in total. The molecule has 0 aliphatic heterocycles. The average Bonchev–Trinajstić information content (AvgIpc) is 2.41. The smallest absolute Gasteiger partial charge is 0.0540 e. The number of hydrogen-bond donors (Lipinski definition) is 1. The van der Waals surface area contributed by atoms with E-state index in [1.807, 2.05) is 0 Å². The van der Waals surface area contributed by atoms with Crippen LogP contribution in [0.2, 0.25) is 0 Å². The highest BCUT2D eigenvalue weighted by Gasteiger charge is 2.02. The fraction of sp³-hybridized carbons (Fsp3) is 0.778. The Kier molecular flexibility index (Phi) is 15.0. The van der Waals surface area contributed by atoms with Gasteiger partial charge in [0.05, 0.1) is 6.10 Å². The Balaban J connectivity index is 3.22. The molecule has 0 spiro atoms. The van der Waals surface area contributed by atoms with E-state index in [2.05, 4.69) is 38.2 Å². The van der Waals surface area contributed by atoms with Gasteiger partial charge >= 0.3 is 0 Å². The molecule has 112 valence electrons. The van der Waals surface area contributed by atoms with Crippen molar-refractivity contribution in [2.24, 2.45) is 0 Å². The zero-order valence-corrected chi connectivity index (χ0v) is 13.1. The summed E-state index contributed by atoms with van der Waals surface area (Å²) < 4.78 is 0. The molecule has 0 rings (SSSR count). The predicted molar refractivity (Wildman–Crippen MR) is 86.4 cm³/mol. The van der Waals surface area contributed by atoms with Crippen molar-refractivity contribution >= 4 is 0 Å². The van der Waals surface area contributed by atoms with Gasteiger partial charge in [-0.1, -0.05) is 56.9 Å². The van der Waals surface area contributed by atoms with E-state index in [-0.39, 0.29) is 6.10 Å². The summed E-state index contributed by atoms with van der Waals surface area (Å²) in [5, 5.41) is 9.77. The van der Waals surface area contributed by atoms with Crippen molar-refractivity contribution in [3.05, 3.63) is 24.3 Å². The van der Waals surface area contributed by atoms with Gasteiger partial charge in [-0.2, -0.15) is 0 Å². The van der Waals surface area contributed by atoms with E-state index >= 15 is 0 Å². The third kappa shape index (κ3) is 15.4. The first kappa shape index (κ1) is 18.4. The third-order valence-electron chi connectivity index (χ3n) is 3.44. The summed E-state index contributed by atoms with van der Waals surface area (Å²) in [4.78, 5) is 0. The second-order valence-corrected chi connectivity index (χ2v) is 5.41. The van der Waals surface area contributed by atoms with Crippen molar-refractivity contribution in [1.29, 1.82) is 0 Å². The third-order valence-corrected chi connectivity index (χ3v) is 3.44. The molecule has 0 aromatic rings. The van der Waals surface area contributed by atoms with Crippen LogP contribution in [0.15, 0.2) is 24.3 Å².